The van der Waals surface area contributed by atoms with E-state index in [1.54, 1.807) is 30.3 Å². The molecule has 1 heterocycles. The quantitative estimate of drug-likeness (QED) is 0.0656. The molecule has 38 heavy (non-hydrogen) atoms. The molecule has 0 saturated carbocycles. The van der Waals surface area contributed by atoms with Crippen LogP contribution in [0, 0.1) is 0 Å². The number of H-pyrrole nitrogens is 1. The number of carbonyl (C=O) groups is 2. The van der Waals surface area contributed by atoms with E-state index in [4.69, 9.17) is 13.8 Å². The van der Waals surface area contributed by atoms with Gasteiger partial charge in [0, 0.05) is 12.1 Å². The van der Waals surface area contributed by atoms with Gasteiger partial charge in [-0.25, -0.2) is 9.48 Å². The molecule has 0 unspecified atom stereocenters. The van der Waals surface area contributed by atoms with Crippen molar-refractivity contribution in [3.63, 3.8) is 0 Å². The van der Waals surface area contributed by atoms with Crippen LogP contribution in [0.2, 0.25) is 0 Å². The number of nitrogens with zero attached hydrogens (tertiary/aromatic N) is 1. The van der Waals surface area contributed by atoms with Crippen LogP contribution in [0.4, 0.5) is 5.82 Å². The van der Waals surface area contributed by atoms with E-state index in [0.29, 0.717) is 5.69 Å². The first-order valence-electron chi connectivity index (χ1n) is 10.9. The smallest absolute Gasteiger partial charge is 0.342 e. The van der Waals surface area contributed by atoms with Crippen molar-refractivity contribution in [2.24, 2.45) is 0 Å². The van der Waals surface area contributed by atoms with Crippen molar-refractivity contribution in [1.29, 1.82) is 0 Å². The van der Waals surface area contributed by atoms with E-state index >= 15 is 0 Å². The Hall–Kier alpha value is -4.05. The third kappa shape index (κ3) is 7.04. The van der Waals surface area contributed by atoms with Crippen molar-refractivity contribution >= 4 is 43.9 Å². The van der Waals surface area contributed by atoms with Crippen molar-refractivity contribution in [2.75, 3.05) is 24.2 Å². The van der Waals surface area contributed by atoms with Crippen molar-refractivity contribution in [3.8, 4) is 5.69 Å². The van der Waals surface area contributed by atoms with Crippen LogP contribution in [0.15, 0.2) is 69.9 Å². The van der Waals surface area contributed by atoms with E-state index in [9.17, 15) is 31.2 Å². The lowest BCUT2D eigenvalue weighted by atomic mass is 10.0. The molecule has 3 aromatic rings. The number of nitrogens with one attached hydrogen (secondary N) is 2. The van der Waals surface area contributed by atoms with Crippen molar-refractivity contribution in [1.82, 2.24) is 9.78 Å². The second-order valence-corrected chi connectivity index (χ2v) is 10.7. The number of hydrogen-bond donors (Lipinski definition) is 4. The Morgan fingerprint density at radius 3 is 2.21 bits per heavy atom. The fraction of sp³-hybridized carbons (Fsp3) is 0.174. The lowest BCUT2D eigenvalue weighted by molar-refractivity contribution is -0.137. The fourth-order valence-corrected chi connectivity index (χ4v) is 4.13. The first kappa shape index (κ1) is 28.5. The molecule has 3 rings (SSSR count). The van der Waals surface area contributed by atoms with Gasteiger partial charge in [-0.2, -0.15) is 16.8 Å². The second kappa shape index (κ2) is 11.6. The number of rotatable bonds is 11. The number of esters is 1. The topological polar surface area (TPSA) is 202 Å². The molecular weight excluding hydrogens is 542 g/mol. The molecule has 2 aromatic carbocycles. The Morgan fingerprint density at radius 1 is 1.03 bits per heavy atom. The molecule has 0 bridgehead atoms. The van der Waals surface area contributed by atoms with Gasteiger partial charge in [0.05, 0.1) is 28.5 Å². The SMILES string of the molecule is CCOC(=O)/C(=C\c1c(NCCS(=O)(=O)O)[nH]n(-c2ccccc2)c1=O)C(=O)c1ccc(S(=O)(=O)O)cc1. The number of carbonyl (C=O) groups excluding carboxylic acids is 2. The van der Waals surface area contributed by atoms with Gasteiger partial charge in [0.2, 0.25) is 0 Å². The zero-order valence-electron chi connectivity index (χ0n) is 19.8. The van der Waals surface area contributed by atoms with Gasteiger partial charge in [-0.3, -0.25) is 23.8 Å². The van der Waals surface area contributed by atoms with Gasteiger partial charge in [-0.15, -0.1) is 0 Å². The number of hydrogen-bond acceptors (Lipinski definition) is 9. The monoisotopic (exact) mass is 565 g/mol. The summed E-state index contributed by atoms with van der Waals surface area (Å²) in [6.45, 7) is 1.07. The molecule has 0 aliphatic carbocycles. The predicted octanol–water partition coefficient (Wildman–Crippen LogP) is 1.54. The summed E-state index contributed by atoms with van der Waals surface area (Å²) >= 11 is 0. The van der Waals surface area contributed by atoms with Crippen LogP contribution >= 0.6 is 0 Å². The highest BCUT2D eigenvalue weighted by Gasteiger charge is 2.25. The molecule has 15 heteroatoms. The van der Waals surface area contributed by atoms with Gasteiger partial charge in [0.15, 0.2) is 5.78 Å². The van der Waals surface area contributed by atoms with E-state index in [-0.39, 0.29) is 30.1 Å². The molecule has 0 radical (unpaired) electrons. The Bertz CT molecular complexity index is 1640. The summed E-state index contributed by atoms with van der Waals surface area (Å²) in [5.41, 5.74) is -1.27. The van der Waals surface area contributed by atoms with Crippen LogP contribution < -0.4 is 10.9 Å². The zero-order chi connectivity index (χ0) is 28.1. The van der Waals surface area contributed by atoms with Crippen molar-refractivity contribution < 1.29 is 40.3 Å². The van der Waals surface area contributed by atoms with E-state index in [1.807, 2.05) is 0 Å². The molecule has 0 saturated heterocycles. The highest BCUT2D eigenvalue weighted by Crippen LogP contribution is 2.20. The molecule has 1 aromatic heterocycles. The molecule has 0 spiro atoms. The number of Topliss-reactive ketones (excluding diaryl/α,β-unsaturated/α-hetero) is 1. The maximum Gasteiger partial charge on any atom is 0.342 e. The molecule has 0 atom stereocenters. The van der Waals surface area contributed by atoms with Gasteiger partial charge in [0.25, 0.3) is 25.8 Å². The molecular formula is C23H23N3O10S2. The number of anilines is 1. The first-order chi connectivity index (χ1) is 17.8. The summed E-state index contributed by atoms with van der Waals surface area (Å²) in [5, 5.41) is 5.41. The third-order valence-electron chi connectivity index (χ3n) is 5.05. The van der Waals surface area contributed by atoms with E-state index in [1.165, 1.54) is 6.92 Å². The number of benzene rings is 2. The Labute approximate surface area is 217 Å². The fourth-order valence-electron chi connectivity index (χ4n) is 3.29. The number of aromatic amines is 1. The summed E-state index contributed by atoms with van der Waals surface area (Å²) < 4.78 is 69.2. The van der Waals surface area contributed by atoms with Gasteiger partial charge in [-0.1, -0.05) is 18.2 Å². The normalized spacial score (nSPS) is 12.2. The van der Waals surface area contributed by atoms with E-state index in [0.717, 1.165) is 35.0 Å². The van der Waals surface area contributed by atoms with E-state index in [2.05, 4.69) is 10.4 Å². The summed E-state index contributed by atoms with van der Waals surface area (Å²) in [5.74, 6) is -2.75. The van der Waals surface area contributed by atoms with Gasteiger partial charge in [0.1, 0.15) is 11.4 Å². The second-order valence-electron chi connectivity index (χ2n) is 7.70. The van der Waals surface area contributed by atoms with Crippen LogP contribution in [0.5, 0.6) is 0 Å². The Balaban J connectivity index is 2.14. The highest BCUT2D eigenvalue weighted by atomic mass is 32.2. The molecule has 13 nitrogen and oxygen atoms in total. The Kier molecular flexibility index (Phi) is 8.67. The van der Waals surface area contributed by atoms with Crippen LogP contribution in [-0.2, 0) is 29.8 Å². The molecule has 0 fully saturated rings. The maximum atomic E-state index is 13.3. The third-order valence-corrected chi connectivity index (χ3v) is 6.63. The van der Waals surface area contributed by atoms with Crippen molar-refractivity contribution in [2.45, 2.75) is 11.8 Å². The maximum absolute atomic E-state index is 13.3. The zero-order valence-corrected chi connectivity index (χ0v) is 21.5. The minimum absolute atomic E-state index is 0.0566. The highest BCUT2D eigenvalue weighted by molar-refractivity contribution is 7.86. The summed E-state index contributed by atoms with van der Waals surface area (Å²) in [6.07, 6.45) is 0.963. The average molecular weight is 566 g/mol. The lowest BCUT2D eigenvalue weighted by Crippen LogP contribution is -2.19. The molecule has 202 valence electrons. The molecule has 0 amide bonds. The molecule has 0 aliphatic rings. The minimum Gasteiger partial charge on any atom is -0.462 e. The van der Waals surface area contributed by atoms with Gasteiger partial charge >= 0.3 is 5.97 Å². The van der Waals surface area contributed by atoms with Crippen LogP contribution in [0.25, 0.3) is 11.8 Å². The lowest BCUT2D eigenvalue weighted by Gasteiger charge is -2.08. The van der Waals surface area contributed by atoms with Crippen molar-refractivity contribution in [3.05, 3.63) is 81.7 Å². The summed E-state index contributed by atoms with van der Waals surface area (Å²) in [7, 11) is -8.86. The molecule has 4 N–H and O–H groups in total. The molecule has 0 aliphatic heterocycles. The summed E-state index contributed by atoms with van der Waals surface area (Å²) in [4.78, 5) is 38.8. The van der Waals surface area contributed by atoms with Gasteiger partial charge < -0.3 is 10.1 Å². The largest absolute Gasteiger partial charge is 0.462 e. The van der Waals surface area contributed by atoms with E-state index < -0.39 is 53.8 Å². The predicted molar refractivity (Wildman–Crippen MR) is 136 cm³/mol. The van der Waals surface area contributed by atoms with Crippen LogP contribution in [-0.4, -0.2) is 66.4 Å². The van der Waals surface area contributed by atoms with Gasteiger partial charge in [-0.05, 0) is 49.4 Å². The van der Waals surface area contributed by atoms with Crippen LogP contribution in [0.3, 0.4) is 0 Å². The number of ketones is 1. The number of aromatic nitrogens is 2. The minimum atomic E-state index is -4.53. The Morgan fingerprint density at radius 2 is 1.66 bits per heavy atom. The summed E-state index contributed by atoms with van der Waals surface area (Å²) in [6, 6.07) is 12.3. The van der Waals surface area contributed by atoms with Crippen LogP contribution in [0.1, 0.15) is 22.8 Å². The number of ether oxygens (including phenoxy) is 1. The first-order valence-corrected chi connectivity index (χ1v) is 14.0. The average Bonchev–Trinajstić information content (AvgIpc) is 3.16. The standard InChI is InChI=1S/C23H23N3O10S2/c1-2-36-23(29)18(20(27)15-8-10-17(11-9-15)38(33,34)35)14-19-21(24-12-13-37(30,31)32)25-26(22(19)28)16-6-4-3-5-7-16/h3-11,14,24-25H,2,12-13H2,1H3,(H,30,31,32)(H,33,34,35)/b18-14-. The number of para-hydroxylation sites is 1.